The van der Waals surface area contributed by atoms with Crippen LogP contribution in [0.5, 0.6) is 0 Å². The van der Waals surface area contributed by atoms with Crippen LogP contribution < -0.4 is 5.73 Å². The molecule has 1 heterocycles. The van der Waals surface area contributed by atoms with Crippen LogP contribution in [0.15, 0.2) is 54.6 Å². The molecule has 0 radical (unpaired) electrons. The van der Waals surface area contributed by atoms with Gasteiger partial charge in [-0.25, -0.2) is 4.98 Å². The molecule has 0 aliphatic carbocycles. The fourth-order valence-electron chi connectivity index (χ4n) is 2.45. The van der Waals surface area contributed by atoms with E-state index in [0.29, 0.717) is 5.92 Å². The summed E-state index contributed by atoms with van der Waals surface area (Å²) in [5.41, 5.74) is 8.73. The standard InChI is InChI=1S/C17H18N2S/c1-12(13-7-3-2-4-8-13)11-14(18)17-19-15-9-5-6-10-16(15)20-17/h2-10,12,14H,11,18H2,1H3. The third-order valence-electron chi connectivity index (χ3n) is 3.60. The second kappa shape index (κ2) is 5.73. The molecule has 0 spiro atoms. The fourth-order valence-corrected chi connectivity index (χ4v) is 3.43. The Morgan fingerprint density at radius 3 is 2.50 bits per heavy atom. The molecule has 2 aromatic carbocycles. The van der Waals surface area contributed by atoms with Gasteiger partial charge in [-0.3, -0.25) is 0 Å². The number of aromatic nitrogens is 1. The number of hydrogen-bond donors (Lipinski definition) is 1. The maximum Gasteiger partial charge on any atom is 0.111 e. The van der Waals surface area contributed by atoms with Gasteiger partial charge in [-0.2, -0.15) is 0 Å². The lowest BCUT2D eigenvalue weighted by molar-refractivity contribution is 0.572. The normalized spacial score (nSPS) is 14.3. The van der Waals surface area contributed by atoms with Gasteiger partial charge >= 0.3 is 0 Å². The number of benzene rings is 2. The molecule has 0 fully saturated rings. The maximum atomic E-state index is 6.35. The van der Waals surface area contributed by atoms with Gasteiger partial charge < -0.3 is 5.73 Å². The molecule has 0 saturated heterocycles. The smallest absolute Gasteiger partial charge is 0.111 e. The monoisotopic (exact) mass is 282 g/mol. The number of hydrogen-bond acceptors (Lipinski definition) is 3. The highest BCUT2D eigenvalue weighted by Gasteiger charge is 2.16. The van der Waals surface area contributed by atoms with E-state index in [2.05, 4.69) is 42.2 Å². The van der Waals surface area contributed by atoms with Crippen LogP contribution in [-0.4, -0.2) is 4.98 Å². The van der Waals surface area contributed by atoms with E-state index in [9.17, 15) is 0 Å². The van der Waals surface area contributed by atoms with Crippen molar-refractivity contribution in [3.8, 4) is 0 Å². The number of rotatable bonds is 4. The topological polar surface area (TPSA) is 38.9 Å². The largest absolute Gasteiger partial charge is 0.322 e. The van der Waals surface area contributed by atoms with Gasteiger partial charge in [0, 0.05) is 0 Å². The molecule has 2 N–H and O–H groups in total. The zero-order chi connectivity index (χ0) is 13.9. The van der Waals surface area contributed by atoms with Gasteiger partial charge in [0.1, 0.15) is 5.01 Å². The molecule has 0 aliphatic rings. The Morgan fingerprint density at radius 2 is 1.75 bits per heavy atom. The van der Waals surface area contributed by atoms with Gasteiger partial charge in [0.15, 0.2) is 0 Å². The summed E-state index contributed by atoms with van der Waals surface area (Å²) in [6, 6.07) is 18.7. The first-order valence-electron chi connectivity index (χ1n) is 6.90. The van der Waals surface area contributed by atoms with Crippen molar-refractivity contribution in [3.63, 3.8) is 0 Å². The van der Waals surface area contributed by atoms with Crippen LogP contribution in [-0.2, 0) is 0 Å². The average Bonchev–Trinajstić information content (AvgIpc) is 2.92. The van der Waals surface area contributed by atoms with Crippen LogP contribution in [0.4, 0.5) is 0 Å². The molecule has 2 unspecified atom stereocenters. The molecule has 2 nitrogen and oxygen atoms in total. The van der Waals surface area contributed by atoms with E-state index in [0.717, 1.165) is 16.9 Å². The number of thiazole rings is 1. The van der Waals surface area contributed by atoms with Crippen LogP contribution in [0.25, 0.3) is 10.2 Å². The summed E-state index contributed by atoms with van der Waals surface area (Å²) >= 11 is 1.71. The van der Waals surface area contributed by atoms with Crippen molar-refractivity contribution in [2.75, 3.05) is 0 Å². The second-order valence-electron chi connectivity index (χ2n) is 5.17. The molecule has 20 heavy (non-hydrogen) atoms. The fraction of sp³-hybridized carbons (Fsp3) is 0.235. The van der Waals surface area contributed by atoms with E-state index < -0.39 is 0 Å². The Kier molecular flexibility index (Phi) is 3.81. The van der Waals surface area contributed by atoms with Crippen molar-refractivity contribution in [2.24, 2.45) is 5.73 Å². The van der Waals surface area contributed by atoms with E-state index in [4.69, 9.17) is 5.73 Å². The lowest BCUT2D eigenvalue weighted by atomic mass is 9.94. The predicted octanol–water partition coefficient (Wildman–Crippen LogP) is 4.49. The summed E-state index contributed by atoms with van der Waals surface area (Å²) in [6.07, 6.45) is 0.920. The van der Waals surface area contributed by atoms with E-state index >= 15 is 0 Å². The molecule has 3 aromatic rings. The number of fused-ring (bicyclic) bond motifs is 1. The lowest BCUT2D eigenvalue weighted by Crippen LogP contribution is -2.13. The molecule has 102 valence electrons. The molecular weight excluding hydrogens is 264 g/mol. The maximum absolute atomic E-state index is 6.35. The summed E-state index contributed by atoms with van der Waals surface area (Å²) in [5, 5.41) is 1.04. The van der Waals surface area contributed by atoms with Crippen LogP contribution in [0.2, 0.25) is 0 Å². The average molecular weight is 282 g/mol. The highest BCUT2D eigenvalue weighted by Crippen LogP contribution is 2.31. The minimum Gasteiger partial charge on any atom is -0.322 e. The first kappa shape index (κ1) is 13.3. The summed E-state index contributed by atoms with van der Waals surface area (Å²) in [7, 11) is 0. The van der Waals surface area contributed by atoms with Gasteiger partial charge in [0.2, 0.25) is 0 Å². The van der Waals surface area contributed by atoms with Crippen molar-refractivity contribution in [2.45, 2.75) is 25.3 Å². The Labute approximate surface area is 123 Å². The van der Waals surface area contributed by atoms with Crippen LogP contribution >= 0.6 is 11.3 Å². The minimum absolute atomic E-state index is 0.00241. The Bertz CT molecular complexity index is 657. The third kappa shape index (κ3) is 2.74. The Hall–Kier alpha value is -1.71. The van der Waals surface area contributed by atoms with Crippen molar-refractivity contribution in [1.29, 1.82) is 0 Å². The Balaban J connectivity index is 1.77. The predicted molar refractivity (Wildman–Crippen MR) is 86.0 cm³/mol. The first-order chi connectivity index (χ1) is 9.74. The van der Waals surface area contributed by atoms with E-state index in [1.807, 2.05) is 24.3 Å². The van der Waals surface area contributed by atoms with Gasteiger partial charge in [-0.1, -0.05) is 49.4 Å². The number of para-hydroxylation sites is 1. The SMILES string of the molecule is CC(CC(N)c1nc2ccccc2s1)c1ccccc1. The highest BCUT2D eigenvalue weighted by molar-refractivity contribution is 7.18. The molecule has 0 bridgehead atoms. The summed E-state index contributed by atoms with van der Waals surface area (Å²) < 4.78 is 1.21. The van der Waals surface area contributed by atoms with Gasteiger partial charge in [-0.15, -0.1) is 11.3 Å². The van der Waals surface area contributed by atoms with Gasteiger partial charge in [0.05, 0.1) is 16.3 Å². The summed E-state index contributed by atoms with van der Waals surface area (Å²) in [5.74, 6) is 0.443. The van der Waals surface area contributed by atoms with Crippen LogP contribution in [0.3, 0.4) is 0 Å². The summed E-state index contributed by atoms with van der Waals surface area (Å²) in [6.45, 7) is 2.22. The first-order valence-corrected chi connectivity index (χ1v) is 7.71. The van der Waals surface area contributed by atoms with Gasteiger partial charge in [0.25, 0.3) is 0 Å². The van der Waals surface area contributed by atoms with Crippen molar-refractivity contribution in [1.82, 2.24) is 4.98 Å². The van der Waals surface area contributed by atoms with Crippen LogP contribution in [0.1, 0.15) is 35.9 Å². The van der Waals surface area contributed by atoms with Crippen LogP contribution in [0, 0.1) is 0 Å². The number of nitrogens with zero attached hydrogens (tertiary/aromatic N) is 1. The quantitative estimate of drug-likeness (QED) is 0.765. The molecule has 3 heteroatoms. The highest BCUT2D eigenvalue weighted by atomic mass is 32.1. The van der Waals surface area contributed by atoms with E-state index in [1.165, 1.54) is 10.3 Å². The zero-order valence-electron chi connectivity index (χ0n) is 11.5. The Morgan fingerprint density at radius 1 is 1.05 bits per heavy atom. The second-order valence-corrected chi connectivity index (χ2v) is 6.24. The van der Waals surface area contributed by atoms with E-state index in [-0.39, 0.29) is 6.04 Å². The van der Waals surface area contributed by atoms with Crippen molar-refractivity contribution < 1.29 is 0 Å². The number of nitrogens with two attached hydrogens (primary N) is 1. The molecule has 2 atom stereocenters. The molecule has 0 saturated carbocycles. The van der Waals surface area contributed by atoms with E-state index in [1.54, 1.807) is 11.3 Å². The molecule has 1 aromatic heterocycles. The minimum atomic E-state index is 0.00241. The molecule has 0 amide bonds. The lowest BCUT2D eigenvalue weighted by Gasteiger charge is -2.15. The van der Waals surface area contributed by atoms with Gasteiger partial charge in [-0.05, 0) is 30.0 Å². The molecular formula is C17H18N2S. The summed E-state index contributed by atoms with van der Waals surface area (Å²) in [4.78, 5) is 4.65. The van der Waals surface area contributed by atoms with Crippen molar-refractivity contribution in [3.05, 3.63) is 65.2 Å². The third-order valence-corrected chi connectivity index (χ3v) is 4.77. The van der Waals surface area contributed by atoms with Crippen molar-refractivity contribution >= 4 is 21.6 Å². The zero-order valence-corrected chi connectivity index (χ0v) is 12.3. The molecule has 0 aliphatic heterocycles. The molecule has 3 rings (SSSR count).